The van der Waals surface area contributed by atoms with Crippen LogP contribution < -0.4 is 9.64 Å². The maximum Gasteiger partial charge on any atom is 0.258 e. The molecule has 0 aliphatic rings. The van der Waals surface area contributed by atoms with E-state index in [1.807, 2.05) is 30.3 Å². The molecule has 0 spiro atoms. The summed E-state index contributed by atoms with van der Waals surface area (Å²) in [6.45, 7) is 4.95. The summed E-state index contributed by atoms with van der Waals surface area (Å²) in [5, 5.41) is 4.13. The van der Waals surface area contributed by atoms with Crippen LogP contribution in [0.1, 0.15) is 5.56 Å². The first-order valence-electron chi connectivity index (χ1n) is 9.49. The molecule has 29 heavy (non-hydrogen) atoms. The van der Waals surface area contributed by atoms with Crippen molar-refractivity contribution in [1.82, 2.24) is 10.1 Å². The van der Waals surface area contributed by atoms with Crippen LogP contribution in [0.2, 0.25) is 0 Å². The van der Waals surface area contributed by atoms with E-state index >= 15 is 0 Å². The number of anilines is 1. The summed E-state index contributed by atoms with van der Waals surface area (Å²) in [4.78, 5) is 6.81. The molecule has 0 bridgehead atoms. The Kier molecular flexibility index (Phi) is 7.21. The van der Waals surface area contributed by atoms with Crippen molar-refractivity contribution in [2.24, 2.45) is 0 Å². The van der Waals surface area contributed by atoms with Gasteiger partial charge in [0.1, 0.15) is 5.75 Å². The molecule has 0 atom stereocenters. The normalized spacial score (nSPS) is 10.9. The van der Waals surface area contributed by atoms with Gasteiger partial charge in [-0.15, -0.1) is 0 Å². The second kappa shape index (κ2) is 10.0. The molecule has 0 radical (unpaired) electrons. The molecule has 0 amide bonds. The van der Waals surface area contributed by atoms with E-state index in [1.165, 1.54) is 0 Å². The fraction of sp³-hybridized carbons (Fsp3) is 0.364. The van der Waals surface area contributed by atoms with Crippen LogP contribution in [0, 0.1) is 6.92 Å². The van der Waals surface area contributed by atoms with Crippen LogP contribution in [0.5, 0.6) is 5.75 Å². The number of nitrogens with zero attached hydrogens (tertiary/aromatic N) is 3. The lowest BCUT2D eigenvalue weighted by atomic mass is 10.1. The Morgan fingerprint density at radius 2 is 1.69 bits per heavy atom. The molecular weight excluding hydrogens is 370 g/mol. The van der Waals surface area contributed by atoms with Gasteiger partial charge in [-0.05, 0) is 42.8 Å². The lowest BCUT2D eigenvalue weighted by molar-refractivity contribution is 0.190. The molecule has 0 aliphatic carbocycles. The Balaban J connectivity index is 1.85. The van der Waals surface area contributed by atoms with Crippen LogP contribution in [0.3, 0.4) is 0 Å². The van der Waals surface area contributed by atoms with Gasteiger partial charge in [-0.1, -0.05) is 17.3 Å². The first kappa shape index (κ1) is 20.8. The van der Waals surface area contributed by atoms with Crippen molar-refractivity contribution in [2.45, 2.75) is 6.92 Å². The predicted molar refractivity (Wildman–Crippen MR) is 112 cm³/mol. The van der Waals surface area contributed by atoms with Gasteiger partial charge in [0.15, 0.2) is 0 Å². The van der Waals surface area contributed by atoms with Crippen LogP contribution in [-0.4, -0.2) is 57.8 Å². The summed E-state index contributed by atoms with van der Waals surface area (Å²) in [7, 11) is 5.04. The number of benzene rings is 2. The molecule has 7 nitrogen and oxygen atoms in total. The molecular formula is C22H27N3O4. The summed E-state index contributed by atoms with van der Waals surface area (Å²) in [5.41, 5.74) is 3.92. The Bertz CT molecular complexity index is 918. The van der Waals surface area contributed by atoms with Crippen molar-refractivity contribution in [1.29, 1.82) is 0 Å². The number of aromatic nitrogens is 2. The minimum absolute atomic E-state index is 0.473. The lowest BCUT2D eigenvalue weighted by Crippen LogP contribution is -2.31. The van der Waals surface area contributed by atoms with Gasteiger partial charge < -0.3 is 23.6 Å². The summed E-state index contributed by atoms with van der Waals surface area (Å²) in [6, 6.07) is 13.7. The summed E-state index contributed by atoms with van der Waals surface area (Å²) < 4.78 is 21.4. The zero-order valence-electron chi connectivity index (χ0n) is 17.3. The third-order valence-electron chi connectivity index (χ3n) is 4.69. The molecule has 3 rings (SSSR count). The number of ether oxygens (including phenoxy) is 3. The molecule has 0 unspecified atom stereocenters. The largest absolute Gasteiger partial charge is 0.496 e. The number of hydrogen-bond acceptors (Lipinski definition) is 7. The van der Waals surface area contributed by atoms with Crippen molar-refractivity contribution in [3.63, 3.8) is 0 Å². The summed E-state index contributed by atoms with van der Waals surface area (Å²) in [5.74, 6) is 1.68. The highest BCUT2D eigenvalue weighted by atomic mass is 16.5. The standard InChI is InChI=1S/C22H27N3O4/c1-16-15-17(9-10-19(16)25(11-13-26-2)12-14-27-3)22-23-21(24-29-22)18-7-5-6-8-20(18)28-4/h5-10,15H,11-14H2,1-4H3. The first-order valence-corrected chi connectivity index (χ1v) is 9.49. The fourth-order valence-corrected chi connectivity index (χ4v) is 3.18. The van der Waals surface area contributed by atoms with Crippen molar-refractivity contribution in [3.8, 4) is 28.6 Å². The van der Waals surface area contributed by atoms with E-state index in [0.29, 0.717) is 30.7 Å². The highest BCUT2D eigenvalue weighted by Crippen LogP contribution is 2.31. The Morgan fingerprint density at radius 1 is 0.966 bits per heavy atom. The van der Waals surface area contributed by atoms with Crippen molar-refractivity contribution >= 4 is 5.69 Å². The van der Waals surface area contributed by atoms with E-state index in [1.54, 1.807) is 21.3 Å². The molecule has 0 aliphatic heterocycles. The molecule has 7 heteroatoms. The predicted octanol–water partition coefficient (Wildman–Crippen LogP) is 3.82. The van der Waals surface area contributed by atoms with Crippen LogP contribution in [0.15, 0.2) is 47.0 Å². The van der Waals surface area contributed by atoms with Gasteiger partial charge in [-0.25, -0.2) is 0 Å². The average molecular weight is 397 g/mol. The monoisotopic (exact) mass is 397 g/mol. The molecule has 1 heterocycles. The Morgan fingerprint density at radius 3 is 2.34 bits per heavy atom. The number of methoxy groups -OCH3 is 3. The van der Waals surface area contributed by atoms with Gasteiger partial charge in [0, 0.05) is 38.6 Å². The maximum absolute atomic E-state index is 5.52. The fourth-order valence-electron chi connectivity index (χ4n) is 3.18. The van der Waals surface area contributed by atoms with Gasteiger partial charge in [0.2, 0.25) is 5.82 Å². The first-order chi connectivity index (χ1) is 14.2. The van der Waals surface area contributed by atoms with Crippen molar-refractivity contribution in [3.05, 3.63) is 48.0 Å². The van der Waals surface area contributed by atoms with E-state index in [2.05, 4.69) is 34.1 Å². The van der Waals surface area contributed by atoms with Crippen LogP contribution in [0.25, 0.3) is 22.8 Å². The van der Waals surface area contributed by atoms with Gasteiger partial charge >= 0.3 is 0 Å². The molecule has 0 saturated heterocycles. The minimum Gasteiger partial charge on any atom is -0.496 e. The van der Waals surface area contributed by atoms with Crippen LogP contribution in [-0.2, 0) is 9.47 Å². The number of para-hydroxylation sites is 1. The highest BCUT2D eigenvalue weighted by Gasteiger charge is 2.16. The van der Waals surface area contributed by atoms with Crippen LogP contribution >= 0.6 is 0 Å². The van der Waals surface area contributed by atoms with Gasteiger partial charge in [0.05, 0.1) is 25.9 Å². The maximum atomic E-state index is 5.52. The van der Waals surface area contributed by atoms with E-state index in [-0.39, 0.29) is 0 Å². The summed E-state index contributed by atoms with van der Waals surface area (Å²) in [6.07, 6.45) is 0. The number of aryl methyl sites for hydroxylation is 1. The molecule has 3 aromatic rings. The number of rotatable bonds is 10. The third-order valence-corrected chi connectivity index (χ3v) is 4.69. The summed E-state index contributed by atoms with van der Waals surface area (Å²) >= 11 is 0. The van der Waals surface area contributed by atoms with Crippen molar-refractivity contribution in [2.75, 3.05) is 52.5 Å². The molecule has 1 aromatic heterocycles. The zero-order valence-corrected chi connectivity index (χ0v) is 17.3. The Hall–Kier alpha value is -2.90. The minimum atomic E-state index is 0.473. The quantitative estimate of drug-likeness (QED) is 0.515. The third kappa shape index (κ3) is 4.93. The van der Waals surface area contributed by atoms with Gasteiger partial charge in [-0.3, -0.25) is 0 Å². The lowest BCUT2D eigenvalue weighted by Gasteiger charge is -2.26. The molecule has 0 N–H and O–H groups in total. The van der Waals surface area contributed by atoms with Gasteiger partial charge in [0.25, 0.3) is 5.89 Å². The second-order valence-electron chi connectivity index (χ2n) is 6.60. The van der Waals surface area contributed by atoms with Gasteiger partial charge in [-0.2, -0.15) is 4.98 Å². The van der Waals surface area contributed by atoms with Crippen LogP contribution in [0.4, 0.5) is 5.69 Å². The topological polar surface area (TPSA) is 69.9 Å². The van der Waals surface area contributed by atoms with E-state index < -0.39 is 0 Å². The number of hydrogen-bond donors (Lipinski definition) is 0. The zero-order chi connectivity index (χ0) is 20.6. The highest BCUT2D eigenvalue weighted by molar-refractivity contribution is 5.68. The second-order valence-corrected chi connectivity index (χ2v) is 6.60. The Labute approximate surface area is 171 Å². The van der Waals surface area contributed by atoms with E-state index in [9.17, 15) is 0 Å². The molecule has 2 aromatic carbocycles. The molecule has 0 saturated carbocycles. The van der Waals surface area contributed by atoms with E-state index in [4.69, 9.17) is 18.7 Å². The molecule has 0 fully saturated rings. The smallest absolute Gasteiger partial charge is 0.258 e. The SMILES string of the molecule is COCCN(CCOC)c1ccc(-c2nc(-c3ccccc3OC)no2)cc1C. The van der Waals surface area contributed by atoms with Crippen molar-refractivity contribution < 1.29 is 18.7 Å². The van der Waals surface area contributed by atoms with E-state index in [0.717, 1.165) is 35.5 Å². The molecule has 154 valence electrons. The average Bonchev–Trinajstić information content (AvgIpc) is 3.24.